The topological polar surface area (TPSA) is 17.1 Å². The number of fused-ring (bicyclic) bond motifs is 1. The van der Waals surface area contributed by atoms with E-state index in [-0.39, 0.29) is 11.7 Å². The van der Waals surface area contributed by atoms with Gasteiger partial charge in [-0.25, -0.2) is 0 Å². The third-order valence-corrected chi connectivity index (χ3v) is 4.47. The molecule has 1 nitrogen and oxygen atoms in total. The first-order valence-corrected chi connectivity index (χ1v) is 7.36. The Morgan fingerprint density at radius 3 is 2.79 bits per heavy atom. The SMILES string of the molecule is O=C(Cc1ccc(Br)cc1Cl)C1Cc2ccccc21. The van der Waals surface area contributed by atoms with Crippen LogP contribution >= 0.6 is 27.5 Å². The highest BCUT2D eigenvalue weighted by molar-refractivity contribution is 9.10. The second-order valence-electron chi connectivity index (χ2n) is 4.83. The Labute approximate surface area is 125 Å². The molecule has 0 spiro atoms. The highest BCUT2D eigenvalue weighted by Crippen LogP contribution is 2.36. The van der Waals surface area contributed by atoms with E-state index >= 15 is 0 Å². The maximum absolute atomic E-state index is 12.3. The van der Waals surface area contributed by atoms with E-state index in [0.717, 1.165) is 16.5 Å². The van der Waals surface area contributed by atoms with Crippen molar-refractivity contribution >= 4 is 33.3 Å². The highest BCUT2D eigenvalue weighted by atomic mass is 79.9. The Bertz CT molecular complexity index is 651. The van der Waals surface area contributed by atoms with Crippen LogP contribution in [0.5, 0.6) is 0 Å². The smallest absolute Gasteiger partial charge is 0.145 e. The number of benzene rings is 2. The Morgan fingerprint density at radius 1 is 1.26 bits per heavy atom. The second-order valence-corrected chi connectivity index (χ2v) is 6.16. The molecule has 1 atom stereocenters. The molecule has 0 heterocycles. The van der Waals surface area contributed by atoms with Crippen molar-refractivity contribution in [1.29, 1.82) is 0 Å². The van der Waals surface area contributed by atoms with Crippen LogP contribution in [0.1, 0.15) is 22.6 Å². The third kappa shape index (κ3) is 2.47. The van der Waals surface area contributed by atoms with Crippen LogP contribution in [0.15, 0.2) is 46.9 Å². The summed E-state index contributed by atoms with van der Waals surface area (Å²) in [5.41, 5.74) is 3.38. The average molecular weight is 336 g/mol. The zero-order chi connectivity index (χ0) is 13.4. The quantitative estimate of drug-likeness (QED) is 0.804. The van der Waals surface area contributed by atoms with Crippen molar-refractivity contribution in [2.45, 2.75) is 18.8 Å². The molecule has 2 aromatic rings. The molecule has 0 N–H and O–H groups in total. The molecule has 3 rings (SSSR count). The molecule has 0 bridgehead atoms. The molecule has 1 aliphatic rings. The number of carbonyl (C=O) groups excluding carboxylic acids is 1. The fourth-order valence-electron chi connectivity index (χ4n) is 2.52. The molecule has 2 aromatic carbocycles. The van der Waals surface area contributed by atoms with Crippen molar-refractivity contribution in [2.75, 3.05) is 0 Å². The van der Waals surface area contributed by atoms with Crippen molar-refractivity contribution in [2.24, 2.45) is 0 Å². The molecule has 1 unspecified atom stereocenters. The first kappa shape index (κ1) is 12.9. The van der Waals surface area contributed by atoms with Crippen molar-refractivity contribution in [3.05, 3.63) is 68.7 Å². The van der Waals surface area contributed by atoms with Crippen LogP contribution in [0.4, 0.5) is 0 Å². The van der Waals surface area contributed by atoms with Gasteiger partial charge < -0.3 is 0 Å². The maximum atomic E-state index is 12.3. The molecule has 0 amide bonds. The minimum Gasteiger partial charge on any atom is -0.299 e. The summed E-state index contributed by atoms with van der Waals surface area (Å²) in [7, 11) is 0. The van der Waals surface area contributed by atoms with Gasteiger partial charge in [-0.3, -0.25) is 4.79 Å². The van der Waals surface area contributed by atoms with Gasteiger partial charge in [-0.05, 0) is 35.2 Å². The van der Waals surface area contributed by atoms with Crippen LogP contribution in [-0.2, 0) is 17.6 Å². The van der Waals surface area contributed by atoms with E-state index < -0.39 is 0 Å². The normalized spacial score (nSPS) is 16.6. The lowest BCUT2D eigenvalue weighted by Gasteiger charge is -2.28. The third-order valence-electron chi connectivity index (χ3n) is 3.62. The summed E-state index contributed by atoms with van der Waals surface area (Å²) in [6, 6.07) is 13.8. The van der Waals surface area contributed by atoms with Gasteiger partial charge in [0.1, 0.15) is 5.78 Å². The van der Waals surface area contributed by atoms with Crippen LogP contribution in [0.25, 0.3) is 0 Å². The lowest BCUT2D eigenvalue weighted by Crippen LogP contribution is -2.26. The van der Waals surface area contributed by atoms with Gasteiger partial charge in [-0.2, -0.15) is 0 Å². The molecule has 0 fully saturated rings. The molecule has 0 aliphatic heterocycles. The van der Waals surface area contributed by atoms with Gasteiger partial charge in [0.25, 0.3) is 0 Å². The number of ketones is 1. The molecule has 0 saturated heterocycles. The predicted octanol–water partition coefficient (Wildman–Crippen LogP) is 4.55. The lowest BCUT2D eigenvalue weighted by atomic mass is 9.74. The van der Waals surface area contributed by atoms with Crippen molar-refractivity contribution in [3.63, 3.8) is 0 Å². The largest absolute Gasteiger partial charge is 0.299 e. The Hall–Kier alpha value is -1.12. The molecule has 3 heteroatoms. The summed E-state index contributed by atoms with van der Waals surface area (Å²) < 4.78 is 0.933. The Balaban J connectivity index is 1.77. The van der Waals surface area contributed by atoms with E-state index in [9.17, 15) is 4.79 Å². The number of carbonyl (C=O) groups is 1. The van der Waals surface area contributed by atoms with Gasteiger partial charge in [0, 0.05) is 21.8 Å². The Morgan fingerprint density at radius 2 is 2.05 bits per heavy atom. The standard InChI is InChI=1S/C16H12BrClO/c17-12-6-5-11(15(18)9-12)8-16(19)14-7-10-3-1-2-4-13(10)14/h1-6,9,14H,7-8H2. The van der Waals surface area contributed by atoms with Gasteiger partial charge in [0.05, 0.1) is 0 Å². The summed E-state index contributed by atoms with van der Waals surface area (Å²) in [6.07, 6.45) is 1.27. The van der Waals surface area contributed by atoms with Gasteiger partial charge in [0.2, 0.25) is 0 Å². The minimum atomic E-state index is 0.0518. The maximum Gasteiger partial charge on any atom is 0.145 e. The van der Waals surface area contributed by atoms with E-state index in [1.807, 2.05) is 36.4 Å². The summed E-state index contributed by atoms with van der Waals surface area (Å²) >= 11 is 9.53. The van der Waals surface area contributed by atoms with E-state index in [2.05, 4.69) is 22.0 Å². The summed E-state index contributed by atoms with van der Waals surface area (Å²) in [5, 5.41) is 0.648. The predicted molar refractivity (Wildman–Crippen MR) is 80.8 cm³/mol. The average Bonchev–Trinajstić information content (AvgIpc) is 2.34. The van der Waals surface area contributed by atoms with Gasteiger partial charge in [-0.15, -0.1) is 0 Å². The van der Waals surface area contributed by atoms with Gasteiger partial charge in [-0.1, -0.05) is 57.9 Å². The van der Waals surface area contributed by atoms with E-state index in [4.69, 9.17) is 11.6 Å². The van der Waals surface area contributed by atoms with Crippen molar-refractivity contribution in [1.82, 2.24) is 0 Å². The fraction of sp³-hybridized carbons (Fsp3) is 0.188. The van der Waals surface area contributed by atoms with Gasteiger partial charge >= 0.3 is 0 Å². The van der Waals surface area contributed by atoms with Crippen LogP contribution in [-0.4, -0.2) is 5.78 Å². The van der Waals surface area contributed by atoms with E-state index in [0.29, 0.717) is 11.4 Å². The van der Waals surface area contributed by atoms with Crippen LogP contribution in [0.2, 0.25) is 5.02 Å². The second kappa shape index (κ2) is 5.10. The molecule has 0 saturated carbocycles. The number of halogens is 2. The molecule has 0 aromatic heterocycles. The minimum absolute atomic E-state index is 0.0518. The van der Waals surface area contributed by atoms with Gasteiger partial charge in [0.15, 0.2) is 0 Å². The molecular weight excluding hydrogens is 324 g/mol. The zero-order valence-electron chi connectivity index (χ0n) is 10.2. The van der Waals surface area contributed by atoms with Crippen LogP contribution in [0, 0.1) is 0 Å². The summed E-state index contributed by atoms with van der Waals surface area (Å²) in [5.74, 6) is 0.304. The van der Waals surface area contributed by atoms with Crippen molar-refractivity contribution < 1.29 is 4.79 Å². The molecule has 1 aliphatic carbocycles. The summed E-state index contributed by atoms with van der Waals surface area (Å²) in [6.45, 7) is 0. The molecule has 0 radical (unpaired) electrons. The zero-order valence-corrected chi connectivity index (χ0v) is 12.5. The molecule has 19 heavy (non-hydrogen) atoms. The number of hydrogen-bond donors (Lipinski definition) is 0. The highest BCUT2D eigenvalue weighted by Gasteiger charge is 2.31. The van der Waals surface area contributed by atoms with Crippen LogP contribution in [0.3, 0.4) is 0 Å². The number of Topliss-reactive ketones (excluding diaryl/α,β-unsaturated/α-hetero) is 1. The van der Waals surface area contributed by atoms with Crippen molar-refractivity contribution in [3.8, 4) is 0 Å². The molecule has 96 valence electrons. The fourth-order valence-corrected chi connectivity index (χ4v) is 3.26. The first-order valence-electron chi connectivity index (χ1n) is 6.19. The van der Waals surface area contributed by atoms with E-state index in [1.54, 1.807) is 0 Å². The lowest BCUT2D eigenvalue weighted by molar-refractivity contribution is -0.120. The number of rotatable bonds is 3. The van der Waals surface area contributed by atoms with Crippen LogP contribution < -0.4 is 0 Å². The first-order chi connectivity index (χ1) is 9.15. The molecular formula is C16H12BrClO. The summed E-state index contributed by atoms with van der Waals surface area (Å²) in [4.78, 5) is 12.3. The monoisotopic (exact) mass is 334 g/mol. The Kier molecular flexibility index (Phi) is 3.46. The number of hydrogen-bond acceptors (Lipinski definition) is 1. The van der Waals surface area contributed by atoms with E-state index in [1.165, 1.54) is 11.1 Å².